The van der Waals surface area contributed by atoms with Crippen molar-refractivity contribution in [2.75, 3.05) is 13.2 Å². The van der Waals surface area contributed by atoms with Crippen LogP contribution < -0.4 is 10.5 Å². The van der Waals surface area contributed by atoms with Crippen molar-refractivity contribution in [1.82, 2.24) is 0 Å². The van der Waals surface area contributed by atoms with Gasteiger partial charge in [0.25, 0.3) is 0 Å². The lowest BCUT2D eigenvalue weighted by atomic mass is 10.1. The molecule has 3 nitrogen and oxygen atoms in total. The number of halogens is 1. The van der Waals surface area contributed by atoms with Gasteiger partial charge < -0.3 is 14.9 Å². The van der Waals surface area contributed by atoms with Crippen LogP contribution in [0.5, 0.6) is 5.75 Å². The maximum atomic E-state index is 6.02. The highest BCUT2D eigenvalue weighted by Gasteiger charge is 2.11. The van der Waals surface area contributed by atoms with Crippen LogP contribution in [-0.2, 0) is 6.42 Å². The second-order valence-electron chi connectivity index (χ2n) is 4.13. The molecule has 0 radical (unpaired) electrons. The SMILES string of the molecule is NCC(COc1ccccc1Cl)Cc1ccco1. The van der Waals surface area contributed by atoms with E-state index in [2.05, 4.69) is 0 Å². The summed E-state index contributed by atoms with van der Waals surface area (Å²) in [4.78, 5) is 0. The summed E-state index contributed by atoms with van der Waals surface area (Å²) in [6.07, 6.45) is 2.44. The second kappa shape index (κ2) is 6.47. The van der Waals surface area contributed by atoms with Crippen LogP contribution >= 0.6 is 11.6 Å². The predicted molar refractivity (Wildman–Crippen MR) is 71.9 cm³/mol. The molecule has 4 heteroatoms. The number of hydrogen-bond acceptors (Lipinski definition) is 3. The number of hydrogen-bond donors (Lipinski definition) is 1. The molecule has 0 saturated heterocycles. The summed E-state index contributed by atoms with van der Waals surface area (Å²) in [7, 11) is 0. The number of ether oxygens (including phenoxy) is 1. The van der Waals surface area contributed by atoms with Crippen molar-refractivity contribution >= 4 is 11.6 Å². The first-order valence-corrected chi connectivity index (χ1v) is 6.27. The molecule has 1 atom stereocenters. The van der Waals surface area contributed by atoms with E-state index in [9.17, 15) is 0 Å². The quantitative estimate of drug-likeness (QED) is 0.873. The monoisotopic (exact) mass is 265 g/mol. The summed E-state index contributed by atoms with van der Waals surface area (Å²) in [6, 6.07) is 11.2. The van der Waals surface area contributed by atoms with Gasteiger partial charge in [-0.15, -0.1) is 0 Å². The van der Waals surface area contributed by atoms with Crippen molar-refractivity contribution < 1.29 is 9.15 Å². The van der Waals surface area contributed by atoms with E-state index >= 15 is 0 Å². The van der Waals surface area contributed by atoms with Gasteiger partial charge in [-0.25, -0.2) is 0 Å². The topological polar surface area (TPSA) is 48.4 Å². The fourth-order valence-electron chi connectivity index (χ4n) is 1.69. The molecule has 1 heterocycles. The van der Waals surface area contributed by atoms with Gasteiger partial charge in [-0.1, -0.05) is 23.7 Å². The number of para-hydroxylation sites is 1. The van der Waals surface area contributed by atoms with Crippen molar-refractivity contribution in [2.45, 2.75) is 6.42 Å². The molecule has 2 aromatic rings. The number of benzene rings is 1. The van der Waals surface area contributed by atoms with Crippen LogP contribution in [-0.4, -0.2) is 13.2 Å². The third kappa shape index (κ3) is 3.52. The molecule has 0 aliphatic heterocycles. The van der Waals surface area contributed by atoms with Crippen LogP contribution in [0.25, 0.3) is 0 Å². The average molecular weight is 266 g/mol. The Labute approximate surface area is 111 Å². The predicted octanol–water partition coefficient (Wildman–Crippen LogP) is 3.13. The van der Waals surface area contributed by atoms with Crippen LogP contribution in [0, 0.1) is 5.92 Å². The Morgan fingerprint density at radius 3 is 2.72 bits per heavy atom. The highest BCUT2D eigenvalue weighted by molar-refractivity contribution is 6.32. The molecule has 96 valence electrons. The molecule has 18 heavy (non-hydrogen) atoms. The van der Waals surface area contributed by atoms with Crippen molar-refractivity contribution in [1.29, 1.82) is 0 Å². The number of furan rings is 1. The van der Waals surface area contributed by atoms with Gasteiger partial charge in [-0.05, 0) is 30.8 Å². The van der Waals surface area contributed by atoms with Crippen LogP contribution in [0.3, 0.4) is 0 Å². The largest absolute Gasteiger partial charge is 0.492 e. The van der Waals surface area contributed by atoms with Gasteiger partial charge in [-0.2, -0.15) is 0 Å². The zero-order valence-corrected chi connectivity index (χ0v) is 10.8. The van der Waals surface area contributed by atoms with Crippen molar-refractivity contribution in [3.63, 3.8) is 0 Å². The summed E-state index contributed by atoms with van der Waals surface area (Å²) in [5.41, 5.74) is 5.74. The van der Waals surface area contributed by atoms with Gasteiger partial charge in [-0.3, -0.25) is 0 Å². The van der Waals surface area contributed by atoms with Crippen molar-refractivity contribution in [3.05, 3.63) is 53.4 Å². The molecule has 1 aromatic heterocycles. The fraction of sp³-hybridized carbons (Fsp3) is 0.286. The molecule has 0 fully saturated rings. The number of rotatable bonds is 6. The molecule has 2 N–H and O–H groups in total. The maximum absolute atomic E-state index is 6.02. The Kier molecular flexibility index (Phi) is 4.67. The molecular weight excluding hydrogens is 250 g/mol. The van der Waals surface area contributed by atoms with Gasteiger partial charge in [0.1, 0.15) is 11.5 Å². The Balaban J connectivity index is 1.89. The Bertz CT molecular complexity index is 470. The summed E-state index contributed by atoms with van der Waals surface area (Å²) in [5, 5.41) is 0.617. The fourth-order valence-corrected chi connectivity index (χ4v) is 1.88. The summed E-state index contributed by atoms with van der Waals surface area (Å²) in [5.74, 6) is 1.83. The normalized spacial score (nSPS) is 12.3. The van der Waals surface area contributed by atoms with Crippen molar-refractivity contribution in [3.8, 4) is 5.75 Å². The maximum Gasteiger partial charge on any atom is 0.137 e. The highest BCUT2D eigenvalue weighted by atomic mass is 35.5. The van der Waals surface area contributed by atoms with E-state index < -0.39 is 0 Å². The van der Waals surface area contributed by atoms with Gasteiger partial charge in [0.2, 0.25) is 0 Å². The minimum Gasteiger partial charge on any atom is -0.492 e. The third-order valence-electron chi connectivity index (χ3n) is 2.71. The van der Waals surface area contributed by atoms with E-state index in [4.69, 9.17) is 26.5 Å². The van der Waals surface area contributed by atoms with Crippen LogP contribution in [0.4, 0.5) is 0 Å². The molecule has 1 unspecified atom stereocenters. The van der Waals surface area contributed by atoms with E-state index in [0.29, 0.717) is 23.9 Å². The standard InChI is InChI=1S/C14H16ClNO2/c15-13-5-1-2-6-14(13)18-10-11(9-16)8-12-4-3-7-17-12/h1-7,11H,8-10,16H2. The first-order chi connectivity index (χ1) is 8.79. The lowest BCUT2D eigenvalue weighted by Gasteiger charge is -2.15. The van der Waals surface area contributed by atoms with E-state index in [-0.39, 0.29) is 5.92 Å². The zero-order valence-electron chi connectivity index (χ0n) is 10.0. The van der Waals surface area contributed by atoms with E-state index in [1.165, 1.54) is 0 Å². The van der Waals surface area contributed by atoms with Gasteiger partial charge in [0.15, 0.2) is 0 Å². The van der Waals surface area contributed by atoms with Gasteiger partial charge >= 0.3 is 0 Å². The molecule has 0 saturated carbocycles. The van der Waals surface area contributed by atoms with E-state index in [1.54, 1.807) is 12.3 Å². The first-order valence-electron chi connectivity index (χ1n) is 5.89. The Morgan fingerprint density at radius 1 is 1.22 bits per heavy atom. The summed E-state index contributed by atoms with van der Waals surface area (Å²) in [6.45, 7) is 1.08. The Morgan fingerprint density at radius 2 is 2.06 bits per heavy atom. The zero-order chi connectivity index (χ0) is 12.8. The van der Waals surface area contributed by atoms with Crippen LogP contribution in [0.2, 0.25) is 5.02 Å². The lowest BCUT2D eigenvalue weighted by Crippen LogP contribution is -2.23. The van der Waals surface area contributed by atoms with Crippen molar-refractivity contribution in [2.24, 2.45) is 11.7 Å². The molecule has 2 rings (SSSR count). The van der Waals surface area contributed by atoms with Crippen LogP contribution in [0.1, 0.15) is 5.76 Å². The molecule has 0 bridgehead atoms. The number of nitrogens with two attached hydrogens (primary N) is 1. The second-order valence-corrected chi connectivity index (χ2v) is 4.53. The Hall–Kier alpha value is -1.45. The third-order valence-corrected chi connectivity index (χ3v) is 3.03. The first kappa shape index (κ1) is 13.0. The average Bonchev–Trinajstić information content (AvgIpc) is 2.89. The highest BCUT2D eigenvalue weighted by Crippen LogP contribution is 2.23. The van der Waals surface area contributed by atoms with E-state index in [1.807, 2.05) is 30.3 Å². The van der Waals surface area contributed by atoms with E-state index in [0.717, 1.165) is 12.2 Å². The molecule has 0 aliphatic carbocycles. The summed E-state index contributed by atoms with van der Waals surface area (Å²) >= 11 is 6.02. The molecule has 0 spiro atoms. The summed E-state index contributed by atoms with van der Waals surface area (Å²) < 4.78 is 11.0. The van der Waals surface area contributed by atoms with Crippen LogP contribution in [0.15, 0.2) is 47.1 Å². The van der Waals surface area contributed by atoms with Gasteiger partial charge in [0, 0.05) is 12.3 Å². The smallest absolute Gasteiger partial charge is 0.137 e. The lowest BCUT2D eigenvalue weighted by molar-refractivity contribution is 0.245. The molecule has 0 aliphatic rings. The molecule has 1 aromatic carbocycles. The molecule has 0 amide bonds. The minimum absolute atomic E-state index is 0.215. The molecular formula is C14H16ClNO2. The minimum atomic E-state index is 0.215. The van der Waals surface area contributed by atoms with Gasteiger partial charge in [0.05, 0.1) is 17.9 Å².